The highest BCUT2D eigenvalue weighted by Gasteiger charge is 2.02. The van der Waals surface area contributed by atoms with E-state index in [1.54, 1.807) is 0 Å². The Labute approximate surface area is 129 Å². The highest BCUT2D eigenvalue weighted by molar-refractivity contribution is 5.79. The number of nitrogens with zero attached hydrogens (tertiary/aromatic N) is 2. The lowest BCUT2D eigenvalue weighted by molar-refractivity contribution is 0.893. The molecule has 0 N–H and O–H groups in total. The lowest BCUT2D eigenvalue weighted by Gasteiger charge is -2.04. The van der Waals surface area contributed by atoms with Gasteiger partial charge in [-0.15, -0.1) is 0 Å². The Bertz CT molecular complexity index is 865. The van der Waals surface area contributed by atoms with Crippen LogP contribution in [0.1, 0.15) is 11.4 Å². The van der Waals surface area contributed by atoms with Crippen molar-refractivity contribution in [2.45, 2.75) is 12.8 Å². The van der Waals surface area contributed by atoms with Gasteiger partial charge in [-0.1, -0.05) is 48.5 Å². The summed E-state index contributed by atoms with van der Waals surface area (Å²) in [6, 6.07) is 25.0. The number of aromatic nitrogens is 2. The number of fused-ring (bicyclic) bond motifs is 2. The maximum atomic E-state index is 4.72. The summed E-state index contributed by atoms with van der Waals surface area (Å²) in [5.74, 6) is 0. The molecule has 2 heterocycles. The predicted molar refractivity (Wildman–Crippen MR) is 90.9 cm³/mol. The molecule has 0 bridgehead atoms. The van der Waals surface area contributed by atoms with E-state index in [2.05, 4.69) is 48.5 Å². The van der Waals surface area contributed by atoms with E-state index in [0.29, 0.717) is 0 Å². The van der Waals surface area contributed by atoms with Crippen LogP contribution >= 0.6 is 0 Å². The summed E-state index contributed by atoms with van der Waals surface area (Å²) < 4.78 is 0. The molecule has 0 spiro atoms. The largest absolute Gasteiger partial charge is 0.253 e. The van der Waals surface area contributed by atoms with Gasteiger partial charge >= 0.3 is 0 Å². The van der Waals surface area contributed by atoms with Crippen LogP contribution in [0.3, 0.4) is 0 Å². The Morgan fingerprint density at radius 3 is 1.45 bits per heavy atom. The summed E-state index contributed by atoms with van der Waals surface area (Å²) >= 11 is 0. The van der Waals surface area contributed by atoms with Crippen LogP contribution in [-0.2, 0) is 12.8 Å². The van der Waals surface area contributed by atoms with Gasteiger partial charge in [-0.25, -0.2) is 0 Å². The van der Waals surface area contributed by atoms with Crippen LogP contribution in [0.4, 0.5) is 0 Å². The predicted octanol–water partition coefficient (Wildman–Crippen LogP) is 4.57. The van der Waals surface area contributed by atoms with E-state index in [1.807, 2.05) is 24.3 Å². The molecule has 0 aliphatic heterocycles. The molecular formula is C20H16N2. The molecule has 0 radical (unpaired) electrons. The van der Waals surface area contributed by atoms with Crippen molar-refractivity contribution in [2.75, 3.05) is 0 Å². The number of pyridine rings is 2. The molecule has 0 fully saturated rings. The summed E-state index contributed by atoms with van der Waals surface area (Å²) in [6.45, 7) is 0. The quantitative estimate of drug-likeness (QED) is 0.551. The van der Waals surface area contributed by atoms with E-state index in [-0.39, 0.29) is 0 Å². The van der Waals surface area contributed by atoms with E-state index >= 15 is 0 Å². The number of rotatable bonds is 3. The van der Waals surface area contributed by atoms with Gasteiger partial charge in [0, 0.05) is 22.2 Å². The first-order chi connectivity index (χ1) is 10.9. The molecular weight excluding hydrogens is 268 g/mol. The molecule has 0 amide bonds. The van der Waals surface area contributed by atoms with E-state index in [1.165, 1.54) is 10.8 Å². The minimum absolute atomic E-state index is 0.913. The van der Waals surface area contributed by atoms with Gasteiger partial charge < -0.3 is 0 Å². The molecule has 0 saturated heterocycles. The molecule has 2 heteroatoms. The monoisotopic (exact) mass is 284 g/mol. The third-order valence-electron chi connectivity index (χ3n) is 3.95. The van der Waals surface area contributed by atoms with Gasteiger partial charge in [-0.05, 0) is 37.1 Å². The van der Waals surface area contributed by atoms with Crippen LogP contribution in [0.2, 0.25) is 0 Å². The van der Waals surface area contributed by atoms with Crippen molar-refractivity contribution in [3.63, 3.8) is 0 Å². The molecule has 0 unspecified atom stereocenters. The minimum atomic E-state index is 0.913. The summed E-state index contributed by atoms with van der Waals surface area (Å²) in [4.78, 5) is 9.45. The zero-order valence-corrected chi connectivity index (χ0v) is 12.2. The second-order valence-corrected chi connectivity index (χ2v) is 5.49. The van der Waals surface area contributed by atoms with Crippen molar-refractivity contribution >= 4 is 21.8 Å². The van der Waals surface area contributed by atoms with E-state index in [4.69, 9.17) is 9.97 Å². The lowest BCUT2D eigenvalue weighted by atomic mass is 10.1. The lowest BCUT2D eigenvalue weighted by Crippen LogP contribution is -1.97. The first-order valence-corrected chi connectivity index (χ1v) is 7.58. The molecule has 4 rings (SSSR count). The average Bonchev–Trinajstić information content (AvgIpc) is 2.59. The molecule has 106 valence electrons. The Kier molecular flexibility index (Phi) is 3.28. The maximum absolute atomic E-state index is 4.72. The van der Waals surface area contributed by atoms with Crippen LogP contribution in [0.15, 0.2) is 72.8 Å². The van der Waals surface area contributed by atoms with Gasteiger partial charge in [0.05, 0.1) is 11.0 Å². The molecule has 2 aromatic heterocycles. The topological polar surface area (TPSA) is 25.8 Å². The van der Waals surface area contributed by atoms with Crippen molar-refractivity contribution < 1.29 is 0 Å². The molecule has 0 aliphatic carbocycles. The number of hydrogen-bond acceptors (Lipinski definition) is 2. The van der Waals surface area contributed by atoms with Crippen LogP contribution in [0.25, 0.3) is 21.8 Å². The minimum Gasteiger partial charge on any atom is -0.253 e. The first-order valence-electron chi connectivity index (χ1n) is 7.58. The highest BCUT2D eigenvalue weighted by Crippen LogP contribution is 2.15. The van der Waals surface area contributed by atoms with Crippen LogP contribution in [0, 0.1) is 0 Å². The fourth-order valence-electron chi connectivity index (χ4n) is 2.75. The van der Waals surface area contributed by atoms with Gasteiger partial charge in [-0.2, -0.15) is 0 Å². The Morgan fingerprint density at radius 2 is 0.955 bits per heavy atom. The van der Waals surface area contributed by atoms with E-state index in [9.17, 15) is 0 Å². The standard InChI is InChI=1S/C20H16N2/c1-3-7-19-15(5-1)9-11-17(21-19)13-14-18-12-10-16-6-2-4-8-20(16)22-18/h1-12H,13-14H2. The molecule has 0 saturated carbocycles. The highest BCUT2D eigenvalue weighted by atomic mass is 14.7. The van der Waals surface area contributed by atoms with Gasteiger partial charge in [0.25, 0.3) is 0 Å². The second-order valence-electron chi connectivity index (χ2n) is 5.49. The Hall–Kier alpha value is -2.74. The summed E-state index contributed by atoms with van der Waals surface area (Å²) in [5, 5.41) is 2.38. The van der Waals surface area contributed by atoms with Gasteiger partial charge in [-0.3, -0.25) is 9.97 Å². The smallest absolute Gasteiger partial charge is 0.0705 e. The number of para-hydroxylation sites is 2. The molecule has 2 aromatic carbocycles. The molecule has 0 aliphatic rings. The number of hydrogen-bond donors (Lipinski definition) is 0. The van der Waals surface area contributed by atoms with Gasteiger partial charge in [0.15, 0.2) is 0 Å². The summed E-state index contributed by atoms with van der Waals surface area (Å²) in [6.07, 6.45) is 1.83. The van der Waals surface area contributed by atoms with Crippen molar-refractivity contribution in [2.24, 2.45) is 0 Å². The zero-order chi connectivity index (χ0) is 14.8. The molecule has 4 aromatic rings. The van der Waals surface area contributed by atoms with Crippen molar-refractivity contribution in [1.82, 2.24) is 9.97 Å². The Balaban J connectivity index is 1.57. The first kappa shape index (κ1) is 13.0. The molecule has 2 nitrogen and oxygen atoms in total. The number of benzene rings is 2. The third-order valence-corrected chi connectivity index (χ3v) is 3.95. The van der Waals surface area contributed by atoms with Crippen LogP contribution in [0.5, 0.6) is 0 Å². The van der Waals surface area contributed by atoms with Crippen molar-refractivity contribution in [3.8, 4) is 0 Å². The zero-order valence-electron chi connectivity index (χ0n) is 12.2. The fraction of sp³-hybridized carbons (Fsp3) is 0.100. The summed E-state index contributed by atoms with van der Waals surface area (Å²) in [7, 11) is 0. The average molecular weight is 284 g/mol. The second kappa shape index (κ2) is 5.57. The SMILES string of the molecule is c1ccc2nc(CCc3ccc4ccccc4n3)ccc2c1. The fourth-order valence-corrected chi connectivity index (χ4v) is 2.75. The van der Waals surface area contributed by atoms with Crippen molar-refractivity contribution in [1.29, 1.82) is 0 Å². The van der Waals surface area contributed by atoms with Crippen LogP contribution in [-0.4, -0.2) is 9.97 Å². The Morgan fingerprint density at radius 1 is 0.500 bits per heavy atom. The van der Waals surface area contributed by atoms with Gasteiger partial charge in [0.1, 0.15) is 0 Å². The van der Waals surface area contributed by atoms with Gasteiger partial charge in [0.2, 0.25) is 0 Å². The van der Waals surface area contributed by atoms with Crippen LogP contribution < -0.4 is 0 Å². The normalized spacial score (nSPS) is 11.1. The van der Waals surface area contributed by atoms with E-state index in [0.717, 1.165) is 35.3 Å². The maximum Gasteiger partial charge on any atom is 0.0705 e. The third kappa shape index (κ3) is 2.56. The summed E-state index contributed by atoms with van der Waals surface area (Å²) in [5.41, 5.74) is 4.36. The van der Waals surface area contributed by atoms with E-state index < -0.39 is 0 Å². The number of aryl methyl sites for hydroxylation is 2. The molecule has 22 heavy (non-hydrogen) atoms. The van der Waals surface area contributed by atoms with Crippen molar-refractivity contribution in [3.05, 3.63) is 84.2 Å². The molecule has 0 atom stereocenters.